The Morgan fingerprint density at radius 2 is 2.36 bits per heavy atom. The van der Waals surface area contributed by atoms with Crippen molar-refractivity contribution in [3.63, 3.8) is 0 Å². The van der Waals surface area contributed by atoms with E-state index in [0.29, 0.717) is 17.6 Å². The lowest BCUT2D eigenvalue weighted by Crippen LogP contribution is -1.99. The van der Waals surface area contributed by atoms with Crippen molar-refractivity contribution in [2.75, 3.05) is 11.9 Å². The van der Waals surface area contributed by atoms with Gasteiger partial charge in [0.25, 0.3) is 0 Å². The van der Waals surface area contributed by atoms with E-state index >= 15 is 0 Å². The van der Waals surface area contributed by atoms with Gasteiger partial charge in [0.15, 0.2) is 0 Å². The van der Waals surface area contributed by atoms with Crippen LogP contribution in [0.1, 0.15) is 37.0 Å². The van der Waals surface area contributed by atoms with Gasteiger partial charge in [-0.3, -0.25) is 0 Å². The largest absolute Gasteiger partial charge is 0.373 e. The maximum atomic E-state index is 6.19. The third-order valence-corrected chi connectivity index (χ3v) is 6.40. The van der Waals surface area contributed by atoms with Gasteiger partial charge in [0.2, 0.25) is 0 Å². The van der Waals surface area contributed by atoms with Crippen LogP contribution in [0.2, 0.25) is 5.15 Å². The Labute approximate surface area is 148 Å². The minimum atomic E-state index is 0.507. The lowest BCUT2D eigenvalue weighted by Gasteiger charge is -2.16. The van der Waals surface area contributed by atoms with Gasteiger partial charge in [-0.25, -0.2) is 4.98 Å². The molecule has 0 aliphatic heterocycles. The Morgan fingerprint density at radius 1 is 1.50 bits per heavy atom. The van der Waals surface area contributed by atoms with E-state index in [1.807, 2.05) is 24.3 Å². The minimum absolute atomic E-state index is 0.507. The van der Waals surface area contributed by atoms with E-state index in [1.165, 1.54) is 11.3 Å². The number of nitrogens with zero attached hydrogens (tertiary/aromatic N) is 1. The molecular weight excluding hydrogens is 380 g/mol. The van der Waals surface area contributed by atoms with Crippen LogP contribution in [0.3, 0.4) is 0 Å². The molecule has 1 atom stereocenters. The number of aromatic nitrogens is 1. The fourth-order valence-electron chi connectivity index (χ4n) is 2.68. The van der Waals surface area contributed by atoms with Crippen molar-refractivity contribution in [3.8, 4) is 11.8 Å². The number of rotatable bonds is 3. The Balaban J connectivity index is 2.05. The molecule has 1 N–H and O–H groups in total. The van der Waals surface area contributed by atoms with Crippen molar-refractivity contribution >= 4 is 54.8 Å². The molecule has 2 aromatic rings. The normalized spacial score (nSPS) is 17.3. The summed E-state index contributed by atoms with van der Waals surface area (Å²) in [6, 6.07) is 1.88. The van der Waals surface area contributed by atoms with Crippen molar-refractivity contribution in [2.24, 2.45) is 0 Å². The van der Waals surface area contributed by atoms with Gasteiger partial charge in [-0.2, -0.15) is 0 Å². The molecule has 22 heavy (non-hydrogen) atoms. The molecule has 1 aliphatic carbocycles. The number of hydrogen-bond acceptors (Lipinski definition) is 3. The zero-order valence-corrected chi connectivity index (χ0v) is 15.4. The van der Waals surface area contributed by atoms with Gasteiger partial charge in [-0.1, -0.05) is 29.7 Å². The number of thiophene rings is 1. The first kappa shape index (κ1) is 15.9. The van der Waals surface area contributed by atoms with E-state index in [1.54, 1.807) is 0 Å². The molecular formula is C17H16BrClN2S. The Bertz CT molecular complexity index is 785. The first-order valence-electron chi connectivity index (χ1n) is 7.27. The highest BCUT2D eigenvalue weighted by molar-refractivity contribution is 9.10. The highest BCUT2D eigenvalue weighted by Gasteiger charge is 2.22. The molecule has 0 bridgehead atoms. The number of anilines is 1. The van der Waals surface area contributed by atoms with E-state index in [-0.39, 0.29) is 0 Å². The fourth-order valence-corrected chi connectivity index (χ4v) is 5.13. The molecule has 0 amide bonds. The standard InChI is InChI=1S/C17H16BrClN2S/c1-2-3-9-20-12-10-13(19)21-15-14(18)16(22-17(12)15)11-7-5-4-6-8-11/h4-5,10-11H,6-9H2,1H3,(H,20,21). The molecule has 114 valence electrons. The molecule has 2 nitrogen and oxygen atoms in total. The number of hydrogen-bond donors (Lipinski definition) is 1. The Hall–Kier alpha value is -1.02. The van der Waals surface area contributed by atoms with Gasteiger partial charge in [0.1, 0.15) is 5.15 Å². The molecule has 0 radical (unpaired) electrons. The second-order valence-corrected chi connectivity index (χ2v) is 7.44. The van der Waals surface area contributed by atoms with Crippen LogP contribution in [0.5, 0.6) is 0 Å². The second kappa shape index (κ2) is 7.04. The van der Waals surface area contributed by atoms with Crippen molar-refractivity contribution in [2.45, 2.75) is 32.1 Å². The summed E-state index contributed by atoms with van der Waals surface area (Å²) in [7, 11) is 0. The Morgan fingerprint density at radius 3 is 3.09 bits per heavy atom. The summed E-state index contributed by atoms with van der Waals surface area (Å²) in [6.45, 7) is 2.45. The first-order chi connectivity index (χ1) is 10.7. The molecule has 0 aromatic carbocycles. The van der Waals surface area contributed by atoms with Crippen LogP contribution in [0.4, 0.5) is 5.69 Å². The van der Waals surface area contributed by atoms with Crippen LogP contribution >= 0.6 is 38.9 Å². The number of pyridine rings is 1. The molecule has 0 saturated heterocycles. The maximum absolute atomic E-state index is 6.19. The summed E-state index contributed by atoms with van der Waals surface area (Å²) in [5.41, 5.74) is 1.97. The van der Waals surface area contributed by atoms with E-state index in [9.17, 15) is 0 Å². The molecule has 0 fully saturated rings. The van der Waals surface area contributed by atoms with Gasteiger partial charge in [0.05, 0.1) is 26.9 Å². The van der Waals surface area contributed by atoms with Crippen LogP contribution in [-0.2, 0) is 0 Å². The lowest BCUT2D eigenvalue weighted by molar-refractivity contribution is 0.625. The summed E-state index contributed by atoms with van der Waals surface area (Å²) in [4.78, 5) is 5.89. The quantitative estimate of drug-likeness (QED) is 0.393. The predicted octanol–water partition coefficient (Wildman–Crippen LogP) is 5.97. The number of nitrogens with one attached hydrogen (secondary N) is 1. The topological polar surface area (TPSA) is 24.9 Å². The molecule has 0 spiro atoms. The highest BCUT2D eigenvalue weighted by Crippen LogP contribution is 2.45. The third kappa shape index (κ3) is 3.17. The maximum Gasteiger partial charge on any atom is 0.131 e. The van der Waals surface area contributed by atoms with Gasteiger partial charge in [0, 0.05) is 10.9 Å². The van der Waals surface area contributed by atoms with E-state index in [0.717, 1.165) is 33.2 Å². The first-order valence-corrected chi connectivity index (χ1v) is 9.26. The number of allylic oxidation sites excluding steroid dienone is 2. The monoisotopic (exact) mass is 394 g/mol. The van der Waals surface area contributed by atoms with Crippen LogP contribution < -0.4 is 5.32 Å². The van der Waals surface area contributed by atoms with Gasteiger partial charge in [-0.15, -0.1) is 17.3 Å². The molecule has 5 heteroatoms. The van der Waals surface area contributed by atoms with E-state index in [2.05, 4.69) is 50.2 Å². The smallest absolute Gasteiger partial charge is 0.131 e. The fraction of sp³-hybridized carbons (Fsp3) is 0.353. The van der Waals surface area contributed by atoms with Crippen LogP contribution in [0.25, 0.3) is 10.2 Å². The number of halogens is 2. The molecule has 2 heterocycles. The lowest BCUT2D eigenvalue weighted by atomic mass is 9.93. The SMILES string of the molecule is CC#CCNc1cc(Cl)nc2c(Br)c(C3CC=CCC3)sc12. The minimum Gasteiger partial charge on any atom is -0.373 e. The van der Waals surface area contributed by atoms with Crippen LogP contribution in [-0.4, -0.2) is 11.5 Å². The van der Waals surface area contributed by atoms with E-state index in [4.69, 9.17) is 11.6 Å². The van der Waals surface area contributed by atoms with Crippen molar-refractivity contribution in [3.05, 3.63) is 32.7 Å². The van der Waals surface area contributed by atoms with Crippen molar-refractivity contribution < 1.29 is 0 Å². The zero-order chi connectivity index (χ0) is 15.5. The molecule has 1 unspecified atom stereocenters. The molecule has 0 saturated carbocycles. The average molecular weight is 396 g/mol. The number of fused-ring (bicyclic) bond motifs is 1. The Kier molecular flexibility index (Phi) is 5.07. The summed E-state index contributed by atoms with van der Waals surface area (Å²) in [5.74, 6) is 6.49. The van der Waals surface area contributed by atoms with Gasteiger partial charge in [-0.05, 0) is 48.0 Å². The summed E-state index contributed by atoms with van der Waals surface area (Å²) in [5, 5.41) is 3.86. The van der Waals surface area contributed by atoms with Crippen molar-refractivity contribution in [1.82, 2.24) is 4.98 Å². The van der Waals surface area contributed by atoms with Gasteiger partial charge < -0.3 is 5.32 Å². The molecule has 1 aliphatic rings. The van der Waals surface area contributed by atoms with Crippen LogP contribution in [0, 0.1) is 11.8 Å². The zero-order valence-electron chi connectivity index (χ0n) is 12.2. The highest BCUT2D eigenvalue weighted by atomic mass is 79.9. The van der Waals surface area contributed by atoms with Crippen LogP contribution in [0.15, 0.2) is 22.7 Å². The summed E-state index contributed by atoms with van der Waals surface area (Å²) in [6.07, 6.45) is 7.99. The second-order valence-electron chi connectivity index (χ2n) is 5.21. The molecule has 2 aromatic heterocycles. The van der Waals surface area contributed by atoms with Crippen molar-refractivity contribution in [1.29, 1.82) is 0 Å². The third-order valence-electron chi connectivity index (χ3n) is 3.76. The summed E-state index contributed by atoms with van der Waals surface area (Å²) < 4.78 is 2.25. The predicted molar refractivity (Wildman–Crippen MR) is 100 cm³/mol. The average Bonchev–Trinajstić information content (AvgIpc) is 2.86. The molecule has 3 rings (SSSR count). The van der Waals surface area contributed by atoms with E-state index < -0.39 is 0 Å². The summed E-state index contributed by atoms with van der Waals surface area (Å²) >= 11 is 11.7. The van der Waals surface area contributed by atoms with Gasteiger partial charge >= 0.3 is 0 Å².